The van der Waals surface area contributed by atoms with Gasteiger partial charge in [0, 0.05) is 91.1 Å². The zero-order chi connectivity index (χ0) is 31.2. The number of morpholine rings is 1. The Bertz CT molecular complexity index is 1670. The maximum atomic E-state index is 14.3. The number of ether oxygens (including phenoxy) is 1. The molecule has 5 heterocycles. The molecule has 3 aromatic rings. The van der Waals surface area contributed by atoms with Crippen molar-refractivity contribution in [3.8, 4) is 0 Å². The summed E-state index contributed by atoms with van der Waals surface area (Å²) in [4.78, 5) is 41.5. The molecule has 2 fully saturated rings. The molecule has 44 heavy (non-hydrogen) atoms. The SMILES string of the molecule is CC1Cc2nc(C(=O)N3CCN(S(=O)(=O)c4[nH]c5ccc(Cl)cc5c4CN(C)C)CC3CC(=O)N3CCOCC3)sc2CN1. The number of amides is 2. The van der Waals surface area contributed by atoms with Crippen molar-refractivity contribution in [2.75, 3.05) is 60.0 Å². The number of sulfonamides is 1. The van der Waals surface area contributed by atoms with Crippen LogP contribution in [-0.2, 0) is 39.1 Å². The Morgan fingerprint density at radius 1 is 1.18 bits per heavy atom. The normalized spacial score (nSPS) is 21.7. The summed E-state index contributed by atoms with van der Waals surface area (Å²) < 4.78 is 35.4. The van der Waals surface area contributed by atoms with Crippen LogP contribution in [0.5, 0.6) is 0 Å². The van der Waals surface area contributed by atoms with E-state index in [-0.39, 0.29) is 48.9 Å². The molecule has 0 spiro atoms. The summed E-state index contributed by atoms with van der Waals surface area (Å²) in [6, 6.07) is 4.89. The standard InChI is InChI=1S/C29H38ClN7O5S2/c1-18-12-24-25(15-31-18)43-27(32-24)29(39)37-7-6-36(16-20(37)14-26(38)35-8-10-42-11-9-35)44(40,41)28-22(17-34(2)3)21-13-19(30)4-5-23(21)33-28/h4-5,13,18,20,31,33H,6-12,14-17H2,1-3H3. The van der Waals surface area contributed by atoms with Gasteiger partial charge in [-0.25, -0.2) is 13.4 Å². The van der Waals surface area contributed by atoms with Gasteiger partial charge in [0.05, 0.1) is 24.9 Å². The van der Waals surface area contributed by atoms with Gasteiger partial charge < -0.3 is 29.7 Å². The summed E-state index contributed by atoms with van der Waals surface area (Å²) in [5.41, 5.74) is 2.23. The first-order valence-electron chi connectivity index (χ1n) is 14.8. The van der Waals surface area contributed by atoms with Crippen LogP contribution >= 0.6 is 22.9 Å². The lowest BCUT2D eigenvalue weighted by Gasteiger charge is -2.41. The minimum absolute atomic E-state index is 0.00824. The van der Waals surface area contributed by atoms with Crippen molar-refractivity contribution in [2.24, 2.45) is 0 Å². The number of nitrogens with zero attached hydrogens (tertiary/aromatic N) is 5. The number of halogens is 1. The van der Waals surface area contributed by atoms with Crippen molar-refractivity contribution < 1.29 is 22.7 Å². The first-order chi connectivity index (χ1) is 21.0. The topological polar surface area (TPSA) is 131 Å². The van der Waals surface area contributed by atoms with E-state index in [9.17, 15) is 18.0 Å². The van der Waals surface area contributed by atoms with Crippen molar-refractivity contribution in [1.82, 2.24) is 34.3 Å². The molecule has 1 aromatic carbocycles. The van der Waals surface area contributed by atoms with Gasteiger partial charge in [-0.2, -0.15) is 4.31 Å². The number of carbonyl (C=O) groups is 2. The first-order valence-corrected chi connectivity index (χ1v) is 17.5. The molecule has 0 radical (unpaired) electrons. The van der Waals surface area contributed by atoms with Crippen molar-refractivity contribution >= 4 is 55.7 Å². The molecule has 0 aliphatic carbocycles. The van der Waals surface area contributed by atoms with Crippen LogP contribution in [-0.4, -0.2) is 121 Å². The molecule has 2 N–H and O–H groups in total. The van der Waals surface area contributed by atoms with Crippen molar-refractivity contribution in [3.63, 3.8) is 0 Å². The fourth-order valence-electron chi connectivity index (χ4n) is 6.17. The van der Waals surface area contributed by atoms with E-state index in [2.05, 4.69) is 22.2 Å². The number of rotatable bonds is 7. The summed E-state index contributed by atoms with van der Waals surface area (Å²) in [6.45, 7) is 5.21. The van der Waals surface area contributed by atoms with Gasteiger partial charge in [0.1, 0.15) is 0 Å². The van der Waals surface area contributed by atoms with E-state index >= 15 is 0 Å². The Hall–Kier alpha value is -2.59. The Balaban J connectivity index is 1.31. The molecule has 2 aromatic heterocycles. The van der Waals surface area contributed by atoms with Gasteiger partial charge in [-0.1, -0.05) is 11.6 Å². The third-order valence-corrected chi connectivity index (χ3v) is 11.6. The molecule has 0 bridgehead atoms. The zero-order valence-corrected chi connectivity index (χ0v) is 27.5. The summed E-state index contributed by atoms with van der Waals surface area (Å²) in [7, 11) is -0.266. The zero-order valence-electron chi connectivity index (χ0n) is 25.1. The third-order valence-electron chi connectivity index (χ3n) is 8.45. The average molecular weight is 664 g/mol. The predicted molar refractivity (Wildman–Crippen MR) is 168 cm³/mol. The van der Waals surface area contributed by atoms with Crippen LogP contribution in [0.3, 0.4) is 0 Å². The fourth-order valence-corrected chi connectivity index (χ4v) is 9.01. The molecule has 12 nitrogen and oxygen atoms in total. The van der Waals surface area contributed by atoms with Gasteiger partial charge in [-0.3, -0.25) is 9.59 Å². The second kappa shape index (κ2) is 12.7. The monoisotopic (exact) mass is 663 g/mol. The van der Waals surface area contributed by atoms with Crippen molar-refractivity contribution in [3.05, 3.63) is 44.4 Å². The Morgan fingerprint density at radius 2 is 1.95 bits per heavy atom. The van der Waals surface area contributed by atoms with Crippen LogP contribution in [0, 0.1) is 0 Å². The molecule has 3 aliphatic heterocycles. The molecule has 6 rings (SSSR count). The number of aromatic amines is 1. The van der Waals surface area contributed by atoms with Crippen LogP contribution in [0.4, 0.5) is 0 Å². The summed E-state index contributed by atoms with van der Waals surface area (Å²) >= 11 is 7.66. The number of carbonyl (C=O) groups excluding carboxylic acids is 2. The number of thiazole rings is 1. The highest BCUT2D eigenvalue weighted by Crippen LogP contribution is 2.33. The number of hydrogen-bond acceptors (Lipinski definition) is 9. The van der Waals surface area contributed by atoms with Gasteiger partial charge in [-0.15, -0.1) is 11.3 Å². The van der Waals surface area contributed by atoms with Gasteiger partial charge in [-0.05, 0) is 39.2 Å². The predicted octanol–water partition coefficient (Wildman–Crippen LogP) is 2.14. The van der Waals surface area contributed by atoms with E-state index in [1.165, 1.54) is 15.6 Å². The van der Waals surface area contributed by atoms with E-state index in [4.69, 9.17) is 16.3 Å². The van der Waals surface area contributed by atoms with E-state index in [1.807, 2.05) is 19.0 Å². The number of hydrogen-bond donors (Lipinski definition) is 2. The van der Waals surface area contributed by atoms with Crippen LogP contribution < -0.4 is 5.32 Å². The number of piperazine rings is 1. The number of benzene rings is 1. The maximum absolute atomic E-state index is 14.3. The molecule has 2 saturated heterocycles. The number of aromatic nitrogens is 2. The van der Waals surface area contributed by atoms with Gasteiger partial charge in [0.2, 0.25) is 5.91 Å². The van der Waals surface area contributed by atoms with Gasteiger partial charge >= 0.3 is 0 Å². The third kappa shape index (κ3) is 6.26. The highest BCUT2D eigenvalue weighted by atomic mass is 35.5. The Morgan fingerprint density at radius 3 is 2.70 bits per heavy atom. The lowest BCUT2D eigenvalue weighted by molar-refractivity contribution is -0.136. The maximum Gasteiger partial charge on any atom is 0.283 e. The summed E-state index contributed by atoms with van der Waals surface area (Å²) in [5, 5.41) is 5.16. The smallest absolute Gasteiger partial charge is 0.283 e. The number of fused-ring (bicyclic) bond motifs is 2. The average Bonchev–Trinajstić information content (AvgIpc) is 3.58. The van der Waals surface area contributed by atoms with E-state index < -0.39 is 16.1 Å². The molecule has 2 amide bonds. The molecule has 0 saturated carbocycles. The second-order valence-corrected chi connectivity index (χ2v) is 15.3. The molecular weight excluding hydrogens is 626 g/mol. The lowest BCUT2D eigenvalue weighted by atomic mass is 10.1. The molecule has 2 atom stereocenters. The van der Waals surface area contributed by atoms with Crippen molar-refractivity contribution in [1.29, 1.82) is 0 Å². The van der Waals surface area contributed by atoms with Crippen LogP contribution in [0.1, 0.15) is 39.3 Å². The van der Waals surface area contributed by atoms with Crippen LogP contribution in [0.15, 0.2) is 23.2 Å². The second-order valence-electron chi connectivity index (χ2n) is 11.9. The van der Waals surface area contributed by atoms with Gasteiger partial charge in [0.15, 0.2) is 10.0 Å². The highest BCUT2D eigenvalue weighted by molar-refractivity contribution is 7.89. The van der Waals surface area contributed by atoms with Crippen LogP contribution in [0.2, 0.25) is 5.02 Å². The quantitative estimate of drug-likeness (QED) is 0.393. The van der Waals surface area contributed by atoms with E-state index in [1.54, 1.807) is 28.0 Å². The molecule has 2 unspecified atom stereocenters. The number of nitrogens with one attached hydrogen (secondary N) is 2. The van der Waals surface area contributed by atoms with Crippen molar-refractivity contribution in [2.45, 2.75) is 50.0 Å². The minimum Gasteiger partial charge on any atom is -0.378 e. The molecule has 15 heteroatoms. The van der Waals surface area contributed by atoms with E-state index in [0.717, 1.165) is 22.4 Å². The Labute approximate surface area is 266 Å². The lowest BCUT2D eigenvalue weighted by Crippen LogP contribution is -2.58. The molecule has 3 aliphatic rings. The largest absolute Gasteiger partial charge is 0.378 e. The molecule has 238 valence electrons. The highest BCUT2D eigenvalue weighted by Gasteiger charge is 2.41. The first kappa shape index (κ1) is 31.4. The summed E-state index contributed by atoms with van der Waals surface area (Å²) in [5.74, 6) is -0.386. The van der Waals surface area contributed by atoms with E-state index in [0.29, 0.717) is 60.5 Å². The van der Waals surface area contributed by atoms with Crippen LogP contribution in [0.25, 0.3) is 10.9 Å². The number of H-pyrrole nitrogens is 1. The molecular formula is C29H38ClN7O5S2. The minimum atomic E-state index is -4.02. The summed E-state index contributed by atoms with van der Waals surface area (Å²) in [6.07, 6.45) is 0.753. The van der Waals surface area contributed by atoms with Gasteiger partial charge in [0.25, 0.3) is 15.9 Å². The Kier molecular flexibility index (Phi) is 9.03. The fraction of sp³-hybridized carbons (Fsp3) is 0.552.